The highest BCUT2D eigenvalue weighted by atomic mass is 35.5. The van der Waals surface area contributed by atoms with Crippen molar-refractivity contribution in [3.63, 3.8) is 0 Å². The summed E-state index contributed by atoms with van der Waals surface area (Å²) in [5.41, 5.74) is 2.37. The maximum atomic E-state index is 12.9. The quantitative estimate of drug-likeness (QED) is 0.412. The van der Waals surface area contributed by atoms with Crippen LogP contribution in [0.3, 0.4) is 0 Å². The molecule has 0 aliphatic heterocycles. The molecule has 2 N–H and O–H groups in total. The summed E-state index contributed by atoms with van der Waals surface area (Å²) >= 11 is 7.94. The predicted molar refractivity (Wildman–Crippen MR) is 123 cm³/mol. The Morgan fingerprint density at radius 3 is 2.77 bits per heavy atom. The number of phenols is 1. The molecule has 0 saturated carbocycles. The van der Waals surface area contributed by atoms with E-state index in [2.05, 4.69) is 9.97 Å². The Bertz CT molecular complexity index is 1310. The highest BCUT2D eigenvalue weighted by Crippen LogP contribution is 2.36. The molecule has 0 radical (unpaired) electrons. The molecule has 30 heavy (non-hydrogen) atoms. The van der Waals surface area contributed by atoms with Crippen LogP contribution in [0.5, 0.6) is 11.5 Å². The molecule has 0 aliphatic rings. The highest BCUT2D eigenvalue weighted by Gasteiger charge is 2.17. The molecule has 4 aromatic rings. The first-order valence-electron chi connectivity index (χ1n) is 9.40. The van der Waals surface area contributed by atoms with Crippen molar-refractivity contribution in [2.45, 2.75) is 13.8 Å². The van der Waals surface area contributed by atoms with Gasteiger partial charge in [0, 0.05) is 10.4 Å². The predicted octanol–water partition coefficient (Wildman–Crippen LogP) is 5.80. The summed E-state index contributed by atoms with van der Waals surface area (Å²) in [5.74, 6) is 0.718. The topological polar surface area (TPSA) is 75.2 Å². The second kappa shape index (κ2) is 8.34. The number of thiophene rings is 1. The molecule has 5 nitrogen and oxygen atoms in total. The van der Waals surface area contributed by atoms with Crippen molar-refractivity contribution >= 4 is 44.3 Å². The first-order chi connectivity index (χ1) is 14.5. The number of aromatic hydroxyl groups is 1. The molecule has 4 rings (SSSR count). The Labute approximate surface area is 182 Å². The maximum Gasteiger partial charge on any atom is 0.260 e. The second-order valence-electron chi connectivity index (χ2n) is 6.65. The van der Waals surface area contributed by atoms with Gasteiger partial charge in [0.2, 0.25) is 0 Å². The summed E-state index contributed by atoms with van der Waals surface area (Å²) in [7, 11) is 0. The summed E-state index contributed by atoms with van der Waals surface area (Å²) in [6.07, 6.45) is 1.67. The number of fused-ring (bicyclic) bond motifs is 1. The summed E-state index contributed by atoms with van der Waals surface area (Å²) in [6, 6.07) is 14.7. The van der Waals surface area contributed by atoms with Gasteiger partial charge in [0.1, 0.15) is 4.83 Å². The Balaban J connectivity index is 1.78. The number of aryl methyl sites for hydroxylation is 1. The zero-order chi connectivity index (χ0) is 21.3. The van der Waals surface area contributed by atoms with Gasteiger partial charge in [-0.25, -0.2) is 4.98 Å². The van der Waals surface area contributed by atoms with E-state index in [1.165, 1.54) is 17.4 Å². The van der Waals surface area contributed by atoms with Crippen LogP contribution in [0.4, 0.5) is 0 Å². The van der Waals surface area contributed by atoms with Crippen LogP contribution in [-0.4, -0.2) is 21.7 Å². The lowest BCUT2D eigenvalue weighted by molar-refractivity contribution is 0.318. The first kappa shape index (κ1) is 20.2. The molecule has 0 bridgehead atoms. The van der Waals surface area contributed by atoms with Crippen molar-refractivity contribution in [3.8, 4) is 22.6 Å². The number of ether oxygens (including phenoxy) is 1. The molecule has 0 atom stereocenters. The van der Waals surface area contributed by atoms with E-state index in [-0.39, 0.29) is 16.3 Å². The van der Waals surface area contributed by atoms with Crippen LogP contribution >= 0.6 is 22.9 Å². The van der Waals surface area contributed by atoms with E-state index in [1.807, 2.05) is 44.2 Å². The fraction of sp³-hybridized carbons (Fsp3) is 0.130. The van der Waals surface area contributed by atoms with Gasteiger partial charge in [-0.1, -0.05) is 48.0 Å². The summed E-state index contributed by atoms with van der Waals surface area (Å²) in [5, 5.41) is 10.7. The zero-order valence-electron chi connectivity index (χ0n) is 16.4. The second-order valence-corrected chi connectivity index (χ2v) is 8.26. The standard InChI is InChI=1S/C23H19ClN2O3S/c1-3-29-18-12-14(9-10-17(18)27)11-16(24)21-25-22(28)20-19(13(2)30-23(20)26-21)15-7-5-4-6-8-15/h4-12,27H,3H2,1-2H3,(H,25,26,28)/b16-11-. The van der Waals surface area contributed by atoms with E-state index in [1.54, 1.807) is 18.2 Å². The molecule has 7 heteroatoms. The number of nitrogens with zero attached hydrogens (tertiary/aromatic N) is 1. The van der Waals surface area contributed by atoms with Crippen molar-refractivity contribution in [1.29, 1.82) is 0 Å². The smallest absolute Gasteiger partial charge is 0.260 e. The van der Waals surface area contributed by atoms with Gasteiger partial charge in [-0.3, -0.25) is 4.79 Å². The summed E-state index contributed by atoms with van der Waals surface area (Å²) in [6.45, 7) is 4.25. The van der Waals surface area contributed by atoms with Crippen molar-refractivity contribution in [2.24, 2.45) is 0 Å². The molecular formula is C23H19ClN2O3S. The van der Waals surface area contributed by atoms with Gasteiger partial charge in [-0.15, -0.1) is 11.3 Å². The van der Waals surface area contributed by atoms with E-state index < -0.39 is 0 Å². The monoisotopic (exact) mass is 438 g/mol. The lowest BCUT2D eigenvalue weighted by Crippen LogP contribution is -2.10. The molecule has 0 saturated heterocycles. The van der Waals surface area contributed by atoms with Crippen molar-refractivity contribution in [3.05, 3.63) is 75.1 Å². The number of hydrogen-bond donors (Lipinski definition) is 2. The number of nitrogens with one attached hydrogen (secondary N) is 1. The summed E-state index contributed by atoms with van der Waals surface area (Å²) < 4.78 is 5.41. The number of aromatic nitrogens is 2. The number of hydrogen-bond acceptors (Lipinski definition) is 5. The third-order valence-electron chi connectivity index (χ3n) is 4.60. The van der Waals surface area contributed by atoms with Crippen LogP contribution in [0.2, 0.25) is 0 Å². The molecule has 0 unspecified atom stereocenters. The molecule has 0 amide bonds. The van der Waals surface area contributed by atoms with E-state index >= 15 is 0 Å². The van der Waals surface area contributed by atoms with E-state index in [9.17, 15) is 9.90 Å². The Kier molecular flexibility index (Phi) is 5.61. The third kappa shape index (κ3) is 3.84. The average Bonchev–Trinajstić information content (AvgIpc) is 3.07. The number of aromatic amines is 1. The maximum absolute atomic E-state index is 12.9. The highest BCUT2D eigenvalue weighted by molar-refractivity contribution is 7.19. The van der Waals surface area contributed by atoms with Crippen LogP contribution < -0.4 is 10.3 Å². The van der Waals surface area contributed by atoms with Gasteiger partial charge in [-0.05, 0) is 43.2 Å². The molecule has 0 fully saturated rings. The minimum Gasteiger partial charge on any atom is -0.504 e. The third-order valence-corrected chi connectivity index (χ3v) is 5.89. The Morgan fingerprint density at radius 1 is 1.27 bits per heavy atom. The van der Waals surface area contributed by atoms with E-state index in [4.69, 9.17) is 16.3 Å². The van der Waals surface area contributed by atoms with Crippen LogP contribution in [0.15, 0.2) is 53.3 Å². The van der Waals surface area contributed by atoms with Gasteiger partial charge < -0.3 is 14.8 Å². The molecule has 0 aliphatic carbocycles. The van der Waals surface area contributed by atoms with Gasteiger partial charge in [0.15, 0.2) is 17.3 Å². The van der Waals surface area contributed by atoms with Crippen LogP contribution in [-0.2, 0) is 0 Å². The van der Waals surface area contributed by atoms with Gasteiger partial charge in [-0.2, -0.15) is 0 Å². The van der Waals surface area contributed by atoms with Crippen molar-refractivity contribution < 1.29 is 9.84 Å². The normalized spacial score (nSPS) is 11.8. The SMILES string of the molecule is CCOc1cc(/C=C(\Cl)c2nc3sc(C)c(-c4ccccc4)c3c(=O)[nH]2)ccc1O. The number of halogens is 1. The van der Waals surface area contributed by atoms with Gasteiger partial charge in [0.05, 0.1) is 17.0 Å². The lowest BCUT2D eigenvalue weighted by Gasteiger charge is -2.07. The fourth-order valence-corrected chi connectivity index (χ4v) is 4.55. The number of benzene rings is 2. The van der Waals surface area contributed by atoms with Gasteiger partial charge in [0.25, 0.3) is 5.56 Å². The van der Waals surface area contributed by atoms with Gasteiger partial charge >= 0.3 is 0 Å². The number of rotatable bonds is 5. The number of phenolic OH excluding ortho intramolecular Hbond substituents is 1. The van der Waals surface area contributed by atoms with Crippen molar-refractivity contribution in [2.75, 3.05) is 6.61 Å². The average molecular weight is 439 g/mol. The van der Waals surface area contributed by atoms with Crippen LogP contribution in [0.25, 0.3) is 32.5 Å². The molecular weight excluding hydrogens is 420 g/mol. The molecule has 2 aromatic heterocycles. The molecule has 0 spiro atoms. The largest absolute Gasteiger partial charge is 0.504 e. The first-order valence-corrected chi connectivity index (χ1v) is 10.6. The van der Waals surface area contributed by atoms with E-state index in [0.717, 1.165) is 21.6 Å². The fourth-order valence-electron chi connectivity index (χ4n) is 3.29. The van der Waals surface area contributed by atoms with Crippen LogP contribution in [0.1, 0.15) is 23.2 Å². The Morgan fingerprint density at radius 2 is 2.03 bits per heavy atom. The summed E-state index contributed by atoms with van der Waals surface area (Å²) in [4.78, 5) is 22.0. The molecule has 2 aromatic carbocycles. The Hall–Kier alpha value is -3.09. The minimum atomic E-state index is -0.231. The van der Waals surface area contributed by atoms with Crippen molar-refractivity contribution in [1.82, 2.24) is 9.97 Å². The van der Waals surface area contributed by atoms with Crippen LogP contribution in [0, 0.1) is 6.92 Å². The lowest BCUT2D eigenvalue weighted by atomic mass is 10.0. The van der Waals surface area contributed by atoms with E-state index in [0.29, 0.717) is 28.4 Å². The minimum absolute atomic E-state index is 0.0561. The molecule has 2 heterocycles. The number of H-pyrrole nitrogens is 1. The molecule has 152 valence electrons. The zero-order valence-corrected chi connectivity index (χ0v) is 18.0.